The van der Waals surface area contributed by atoms with Gasteiger partial charge < -0.3 is 5.32 Å². The number of hydrogen-bond donors (Lipinski definition) is 3. The molecular weight excluding hydrogens is 368 g/mol. The van der Waals surface area contributed by atoms with Gasteiger partial charge in [0.25, 0.3) is 11.8 Å². The summed E-state index contributed by atoms with van der Waals surface area (Å²) in [7, 11) is 0. The molecule has 134 valence electrons. The Hall–Kier alpha value is -2.48. The van der Waals surface area contributed by atoms with Gasteiger partial charge in [-0.25, -0.2) is 5.48 Å². The molecule has 2 aromatic heterocycles. The molecule has 0 saturated carbocycles. The van der Waals surface area contributed by atoms with Crippen LogP contribution in [-0.4, -0.2) is 17.0 Å². The van der Waals surface area contributed by atoms with Gasteiger partial charge in [-0.1, -0.05) is 29.8 Å². The first-order valence-electron chi connectivity index (χ1n) is 8.00. The SMILES string of the molecule is Cc1ccc(-c2ccc(C(C)NC(=O)c3ccc(C(=O)NO)s3)s2)cc1. The molecule has 0 spiro atoms. The summed E-state index contributed by atoms with van der Waals surface area (Å²) < 4.78 is 0. The molecule has 0 fully saturated rings. The molecule has 0 aliphatic heterocycles. The monoisotopic (exact) mass is 386 g/mol. The van der Waals surface area contributed by atoms with Gasteiger partial charge in [-0.05, 0) is 43.7 Å². The summed E-state index contributed by atoms with van der Waals surface area (Å²) in [5, 5.41) is 11.6. The maximum absolute atomic E-state index is 12.4. The molecule has 0 aliphatic carbocycles. The van der Waals surface area contributed by atoms with Crippen molar-refractivity contribution in [3.8, 4) is 10.4 Å². The van der Waals surface area contributed by atoms with Crippen LogP contribution < -0.4 is 10.8 Å². The van der Waals surface area contributed by atoms with E-state index in [1.807, 2.05) is 13.0 Å². The molecule has 2 heterocycles. The van der Waals surface area contributed by atoms with Gasteiger partial charge in [0.05, 0.1) is 15.8 Å². The second kappa shape index (κ2) is 7.82. The lowest BCUT2D eigenvalue weighted by Gasteiger charge is -2.11. The summed E-state index contributed by atoms with van der Waals surface area (Å²) in [5.74, 6) is -0.868. The first-order valence-corrected chi connectivity index (χ1v) is 9.63. The lowest BCUT2D eigenvalue weighted by Crippen LogP contribution is -2.25. The average molecular weight is 386 g/mol. The number of hydroxylamine groups is 1. The third-order valence-electron chi connectivity index (χ3n) is 3.89. The number of carbonyl (C=O) groups excluding carboxylic acids is 2. The fourth-order valence-electron chi connectivity index (χ4n) is 2.43. The molecule has 0 bridgehead atoms. The molecule has 1 unspecified atom stereocenters. The molecule has 3 rings (SSSR count). The van der Waals surface area contributed by atoms with Crippen LogP contribution in [0.25, 0.3) is 10.4 Å². The van der Waals surface area contributed by atoms with Crippen LogP contribution in [0, 0.1) is 6.92 Å². The minimum absolute atomic E-state index is 0.149. The Morgan fingerprint density at radius 2 is 1.58 bits per heavy atom. The van der Waals surface area contributed by atoms with Crippen molar-refractivity contribution in [2.24, 2.45) is 0 Å². The Labute approximate surface area is 159 Å². The van der Waals surface area contributed by atoms with Crippen molar-refractivity contribution in [3.05, 3.63) is 68.7 Å². The number of thiophene rings is 2. The third-order valence-corrected chi connectivity index (χ3v) is 6.29. The van der Waals surface area contributed by atoms with E-state index in [0.29, 0.717) is 4.88 Å². The molecule has 3 aromatic rings. The molecular formula is C19H18N2O3S2. The number of rotatable bonds is 5. The Morgan fingerprint density at radius 1 is 0.923 bits per heavy atom. The quantitative estimate of drug-likeness (QED) is 0.449. The molecule has 0 aliphatic rings. The highest BCUT2D eigenvalue weighted by atomic mass is 32.1. The fourth-order valence-corrected chi connectivity index (χ4v) is 4.25. The van der Waals surface area contributed by atoms with Crippen molar-refractivity contribution in [2.45, 2.75) is 19.9 Å². The number of amides is 2. The van der Waals surface area contributed by atoms with Crippen LogP contribution >= 0.6 is 22.7 Å². The van der Waals surface area contributed by atoms with E-state index in [9.17, 15) is 9.59 Å². The number of nitrogens with one attached hydrogen (secondary N) is 2. The summed E-state index contributed by atoms with van der Waals surface area (Å²) in [4.78, 5) is 26.7. The van der Waals surface area contributed by atoms with Crippen molar-refractivity contribution in [2.75, 3.05) is 0 Å². The largest absolute Gasteiger partial charge is 0.344 e. The Kier molecular flexibility index (Phi) is 5.51. The zero-order valence-electron chi connectivity index (χ0n) is 14.3. The van der Waals surface area contributed by atoms with Crippen LogP contribution in [0.4, 0.5) is 0 Å². The van der Waals surface area contributed by atoms with Gasteiger partial charge in [-0.2, -0.15) is 0 Å². The van der Waals surface area contributed by atoms with Crippen LogP contribution in [-0.2, 0) is 0 Å². The van der Waals surface area contributed by atoms with E-state index < -0.39 is 5.91 Å². The van der Waals surface area contributed by atoms with Crippen molar-refractivity contribution in [3.63, 3.8) is 0 Å². The van der Waals surface area contributed by atoms with E-state index in [-0.39, 0.29) is 16.8 Å². The lowest BCUT2D eigenvalue weighted by atomic mass is 10.1. The van der Waals surface area contributed by atoms with Gasteiger partial charge in [-0.3, -0.25) is 14.8 Å². The minimum atomic E-state index is -0.622. The smallest absolute Gasteiger partial charge is 0.284 e. The van der Waals surface area contributed by atoms with Crippen LogP contribution in [0.15, 0.2) is 48.5 Å². The average Bonchev–Trinajstić information content (AvgIpc) is 3.31. The van der Waals surface area contributed by atoms with Gasteiger partial charge in [0.1, 0.15) is 0 Å². The predicted molar refractivity (Wildman–Crippen MR) is 104 cm³/mol. The topological polar surface area (TPSA) is 78.4 Å². The van der Waals surface area contributed by atoms with Crippen LogP contribution in [0.3, 0.4) is 0 Å². The Morgan fingerprint density at radius 3 is 2.23 bits per heavy atom. The summed E-state index contributed by atoms with van der Waals surface area (Å²) in [6.45, 7) is 3.99. The maximum Gasteiger partial charge on any atom is 0.284 e. The van der Waals surface area contributed by atoms with E-state index in [2.05, 4.69) is 42.6 Å². The summed E-state index contributed by atoms with van der Waals surface area (Å²) in [6, 6.07) is 15.4. The first kappa shape index (κ1) is 18.3. The second-order valence-corrected chi connectivity index (χ2v) is 8.07. The van der Waals surface area contributed by atoms with Gasteiger partial charge in [0.15, 0.2) is 0 Å². The third kappa shape index (κ3) is 4.01. The second-order valence-electron chi connectivity index (χ2n) is 5.87. The van der Waals surface area contributed by atoms with E-state index in [1.165, 1.54) is 11.6 Å². The van der Waals surface area contributed by atoms with E-state index in [4.69, 9.17) is 5.21 Å². The Bertz CT molecular complexity index is 928. The maximum atomic E-state index is 12.4. The van der Waals surface area contributed by atoms with E-state index in [0.717, 1.165) is 26.7 Å². The molecule has 7 heteroatoms. The highest BCUT2D eigenvalue weighted by Gasteiger charge is 2.17. The van der Waals surface area contributed by atoms with Crippen molar-refractivity contribution < 1.29 is 14.8 Å². The normalized spacial score (nSPS) is 11.8. The van der Waals surface area contributed by atoms with Crippen LogP contribution in [0.2, 0.25) is 0 Å². The highest BCUT2D eigenvalue weighted by molar-refractivity contribution is 7.16. The molecule has 3 N–H and O–H groups in total. The van der Waals surface area contributed by atoms with E-state index in [1.54, 1.807) is 22.9 Å². The Balaban J connectivity index is 1.69. The number of carbonyl (C=O) groups is 2. The van der Waals surface area contributed by atoms with E-state index >= 15 is 0 Å². The molecule has 2 amide bonds. The summed E-state index contributed by atoms with van der Waals surface area (Å²) >= 11 is 2.68. The zero-order chi connectivity index (χ0) is 18.7. The standard InChI is InChI=1S/C19H18N2O3S2/c1-11-3-5-13(6-4-11)15-8-7-14(25-15)12(2)20-18(22)16-9-10-17(26-16)19(23)21-24/h3-10,12,24H,1-2H3,(H,20,22)(H,21,23). The minimum Gasteiger partial charge on any atom is -0.344 e. The van der Waals surface area contributed by atoms with Crippen LogP contribution in [0.1, 0.15) is 42.7 Å². The summed E-state index contributed by atoms with van der Waals surface area (Å²) in [5.41, 5.74) is 3.94. The number of benzene rings is 1. The first-order chi connectivity index (χ1) is 12.5. The van der Waals surface area contributed by atoms with Crippen molar-refractivity contribution in [1.29, 1.82) is 0 Å². The number of aryl methyl sites for hydroxylation is 1. The number of hydrogen-bond acceptors (Lipinski definition) is 5. The zero-order valence-corrected chi connectivity index (χ0v) is 15.9. The lowest BCUT2D eigenvalue weighted by molar-refractivity contribution is 0.0711. The van der Waals surface area contributed by atoms with Gasteiger partial charge >= 0.3 is 0 Å². The fraction of sp³-hybridized carbons (Fsp3) is 0.158. The summed E-state index contributed by atoms with van der Waals surface area (Å²) in [6.07, 6.45) is 0. The van der Waals surface area contributed by atoms with Gasteiger partial charge in [0, 0.05) is 9.75 Å². The molecule has 1 atom stereocenters. The molecule has 0 saturated heterocycles. The van der Waals surface area contributed by atoms with Crippen molar-refractivity contribution in [1.82, 2.24) is 10.8 Å². The predicted octanol–water partition coefficient (Wildman–Crippen LogP) is 4.40. The molecule has 26 heavy (non-hydrogen) atoms. The molecule has 0 radical (unpaired) electrons. The van der Waals surface area contributed by atoms with Crippen LogP contribution in [0.5, 0.6) is 0 Å². The molecule has 1 aromatic carbocycles. The van der Waals surface area contributed by atoms with Gasteiger partial charge in [0.2, 0.25) is 0 Å². The highest BCUT2D eigenvalue weighted by Crippen LogP contribution is 2.31. The van der Waals surface area contributed by atoms with Crippen molar-refractivity contribution >= 4 is 34.5 Å². The molecule has 5 nitrogen and oxygen atoms in total. The van der Waals surface area contributed by atoms with Gasteiger partial charge in [-0.15, -0.1) is 22.7 Å².